The Morgan fingerprint density at radius 1 is 1.50 bits per heavy atom. The molecular weight excluding hydrogens is 285 g/mol. The Bertz CT molecular complexity index is 535. The first-order valence-corrected chi connectivity index (χ1v) is 6.85. The summed E-state index contributed by atoms with van der Waals surface area (Å²) in [5, 5.41) is -0.0371. The van der Waals surface area contributed by atoms with Crippen molar-refractivity contribution in [3.8, 4) is 0 Å². The lowest BCUT2D eigenvalue weighted by atomic mass is 10.1. The summed E-state index contributed by atoms with van der Waals surface area (Å²) in [6.07, 6.45) is 1.30. The minimum Gasteiger partial charge on any atom is -0.464 e. The predicted octanol–water partition coefficient (Wildman–Crippen LogP) is 2.65. The lowest BCUT2D eigenvalue weighted by molar-refractivity contribution is -0.147. The lowest BCUT2D eigenvalue weighted by Gasteiger charge is -2.23. The van der Waals surface area contributed by atoms with Crippen LogP contribution in [0.4, 0.5) is 4.39 Å². The van der Waals surface area contributed by atoms with E-state index in [-0.39, 0.29) is 23.1 Å². The fraction of sp³-hybridized carbons (Fsp3) is 0.429. The average Bonchev–Trinajstić information content (AvgIpc) is 2.90. The molecule has 2 rings (SSSR count). The maximum Gasteiger partial charge on any atom is 0.328 e. The van der Waals surface area contributed by atoms with Gasteiger partial charge < -0.3 is 9.64 Å². The molecule has 1 aromatic rings. The lowest BCUT2D eigenvalue weighted by Crippen LogP contribution is -2.41. The molecule has 0 N–H and O–H groups in total. The molecule has 1 heterocycles. The molecule has 108 valence electrons. The number of carbonyl (C=O) groups excluding carboxylic acids is 2. The molecule has 0 spiro atoms. The van der Waals surface area contributed by atoms with Gasteiger partial charge >= 0.3 is 5.97 Å². The summed E-state index contributed by atoms with van der Waals surface area (Å²) in [6, 6.07) is 3.29. The number of ether oxygens (including phenoxy) is 1. The summed E-state index contributed by atoms with van der Waals surface area (Å²) in [7, 11) is 0. The summed E-state index contributed by atoms with van der Waals surface area (Å²) in [5.74, 6) is -1.44. The number of amides is 1. The molecule has 1 fully saturated rings. The van der Waals surface area contributed by atoms with Crippen LogP contribution in [0.3, 0.4) is 0 Å². The maximum atomic E-state index is 13.4. The summed E-state index contributed by atoms with van der Waals surface area (Å²) < 4.78 is 18.4. The first-order valence-electron chi connectivity index (χ1n) is 6.47. The SMILES string of the molecule is CCOC(=O)C1CCCN1C(=O)c1ccc(Cl)c(F)c1. The van der Waals surface area contributed by atoms with Crippen molar-refractivity contribution in [2.24, 2.45) is 0 Å². The van der Waals surface area contributed by atoms with Crippen LogP contribution in [0.1, 0.15) is 30.1 Å². The number of benzene rings is 1. The van der Waals surface area contributed by atoms with Crippen LogP contribution in [0.2, 0.25) is 5.02 Å². The van der Waals surface area contributed by atoms with Crippen LogP contribution < -0.4 is 0 Å². The second-order valence-electron chi connectivity index (χ2n) is 4.54. The Morgan fingerprint density at radius 3 is 2.90 bits per heavy atom. The third-order valence-corrected chi connectivity index (χ3v) is 3.55. The molecule has 20 heavy (non-hydrogen) atoms. The predicted molar refractivity (Wildman–Crippen MR) is 72.1 cm³/mol. The van der Waals surface area contributed by atoms with Gasteiger partial charge in [0.05, 0.1) is 11.6 Å². The Labute approximate surface area is 121 Å². The number of rotatable bonds is 3. The van der Waals surface area contributed by atoms with Gasteiger partial charge in [-0.05, 0) is 38.0 Å². The van der Waals surface area contributed by atoms with E-state index in [4.69, 9.17) is 16.3 Å². The first kappa shape index (κ1) is 14.8. The molecule has 6 heteroatoms. The van der Waals surface area contributed by atoms with Crippen molar-refractivity contribution in [3.63, 3.8) is 0 Å². The molecule has 0 aromatic heterocycles. The van der Waals surface area contributed by atoms with Gasteiger partial charge in [-0.3, -0.25) is 4.79 Å². The molecule has 0 aliphatic carbocycles. The van der Waals surface area contributed by atoms with Gasteiger partial charge in [0.1, 0.15) is 11.9 Å². The van der Waals surface area contributed by atoms with E-state index in [2.05, 4.69) is 0 Å². The zero-order valence-corrected chi connectivity index (χ0v) is 11.8. The van der Waals surface area contributed by atoms with E-state index in [0.717, 1.165) is 12.5 Å². The van der Waals surface area contributed by atoms with Gasteiger partial charge in [-0.1, -0.05) is 11.6 Å². The molecule has 1 atom stereocenters. The topological polar surface area (TPSA) is 46.6 Å². The minimum absolute atomic E-state index is 0.0371. The standard InChI is InChI=1S/C14H15ClFNO3/c1-2-20-14(19)12-4-3-7-17(12)13(18)9-5-6-10(15)11(16)8-9/h5-6,8,12H,2-4,7H2,1H3. The number of hydrogen-bond donors (Lipinski definition) is 0. The van der Waals surface area contributed by atoms with Gasteiger partial charge in [0, 0.05) is 12.1 Å². The van der Waals surface area contributed by atoms with Crippen molar-refractivity contribution in [3.05, 3.63) is 34.6 Å². The number of hydrogen-bond acceptors (Lipinski definition) is 3. The van der Waals surface area contributed by atoms with Crippen LogP contribution >= 0.6 is 11.6 Å². The van der Waals surface area contributed by atoms with E-state index in [0.29, 0.717) is 13.0 Å². The van der Waals surface area contributed by atoms with Crippen LogP contribution in [-0.2, 0) is 9.53 Å². The van der Waals surface area contributed by atoms with Gasteiger partial charge in [0.2, 0.25) is 0 Å². The van der Waals surface area contributed by atoms with Crippen molar-refractivity contribution in [1.82, 2.24) is 4.90 Å². The highest BCUT2D eigenvalue weighted by Gasteiger charge is 2.35. The van der Waals surface area contributed by atoms with Gasteiger partial charge in [-0.15, -0.1) is 0 Å². The molecule has 1 aliphatic heterocycles. The highest BCUT2D eigenvalue weighted by molar-refractivity contribution is 6.30. The summed E-state index contributed by atoms with van der Waals surface area (Å²) in [5.41, 5.74) is 0.183. The number of likely N-dealkylation sites (tertiary alicyclic amines) is 1. The highest BCUT2D eigenvalue weighted by Crippen LogP contribution is 2.23. The number of halogens is 2. The fourth-order valence-corrected chi connectivity index (χ4v) is 2.41. The summed E-state index contributed by atoms with van der Waals surface area (Å²) in [6.45, 7) is 2.45. The van der Waals surface area contributed by atoms with E-state index in [9.17, 15) is 14.0 Å². The molecule has 1 aliphatic rings. The number of esters is 1. The van der Waals surface area contributed by atoms with Gasteiger partial charge in [0.25, 0.3) is 5.91 Å². The fourth-order valence-electron chi connectivity index (χ4n) is 2.29. The second-order valence-corrected chi connectivity index (χ2v) is 4.94. The maximum absolute atomic E-state index is 13.4. The van der Waals surface area contributed by atoms with E-state index in [1.807, 2.05) is 0 Å². The molecule has 1 amide bonds. The number of nitrogens with zero attached hydrogens (tertiary/aromatic N) is 1. The number of carbonyl (C=O) groups is 2. The highest BCUT2D eigenvalue weighted by atomic mass is 35.5. The molecule has 1 saturated heterocycles. The van der Waals surface area contributed by atoms with E-state index in [1.165, 1.54) is 17.0 Å². The molecule has 0 radical (unpaired) electrons. The van der Waals surface area contributed by atoms with Crippen LogP contribution in [0.5, 0.6) is 0 Å². The van der Waals surface area contributed by atoms with Crippen LogP contribution in [0.25, 0.3) is 0 Å². The largest absolute Gasteiger partial charge is 0.464 e. The van der Waals surface area contributed by atoms with Crippen LogP contribution in [0.15, 0.2) is 18.2 Å². The third kappa shape index (κ3) is 2.93. The summed E-state index contributed by atoms with van der Waals surface area (Å²) >= 11 is 5.59. The monoisotopic (exact) mass is 299 g/mol. The van der Waals surface area contributed by atoms with E-state index >= 15 is 0 Å². The molecule has 0 bridgehead atoms. The van der Waals surface area contributed by atoms with Crippen LogP contribution in [0, 0.1) is 5.82 Å². The zero-order chi connectivity index (χ0) is 14.7. The van der Waals surface area contributed by atoms with Crippen molar-refractivity contribution >= 4 is 23.5 Å². The summed E-state index contributed by atoms with van der Waals surface area (Å²) in [4.78, 5) is 25.6. The molecule has 1 unspecified atom stereocenters. The third-order valence-electron chi connectivity index (χ3n) is 3.24. The van der Waals surface area contributed by atoms with Crippen molar-refractivity contribution in [1.29, 1.82) is 0 Å². The van der Waals surface area contributed by atoms with Crippen molar-refractivity contribution < 1.29 is 18.7 Å². The second kappa shape index (κ2) is 6.22. The minimum atomic E-state index is -0.649. The average molecular weight is 300 g/mol. The van der Waals surface area contributed by atoms with Crippen LogP contribution in [-0.4, -0.2) is 36.0 Å². The smallest absolute Gasteiger partial charge is 0.328 e. The Balaban J connectivity index is 2.18. The molecule has 4 nitrogen and oxygen atoms in total. The Hall–Kier alpha value is -1.62. The van der Waals surface area contributed by atoms with Gasteiger partial charge in [-0.2, -0.15) is 0 Å². The first-order chi connectivity index (χ1) is 9.54. The molecular formula is C14H15ClFNO3. The van der Waals surface area contributed by atoms with Crippen molar-refractivity contribution in [2.45, 2.75) is 25.8 Å². The van der Waals surface area contributed by atoms with Gasteiger partial charge in [0.15, 0.2) is 0 Å². The van der Waals surface area contributed by atoms with Gasteiger partial charge in [-0.25, -0.2) is 9.18 Å². The van der Waals surface area contributed by atoms with Crippen molar-refractivity contribution in [2.75, 3.05) is 13.2 Å². The quantitative estimate of drug-likeness (QED) is 0.806. The molecule has 1 aromatic carbocycles. The Morgan fingerprint density at radius 2 is 2.25 bits per heavy atom. The zero-order valence-electron chi connectivity index (χ0n) is 11.1. The Kier molecular flexibility index (Phi) is 4.60. The van der Waals surface area contributed by atoms with E-state index < -0.39 is 17.8 Å². The normalized spacial score (nSPS) is 18.1. The van der Waals surface area contributed by atoms with E-state index in [1.54, 1.807) is 6.92 Å². The molecule has 0 saturated carbocycles.